The van der Waals surface area contributed by atoms with Crippen molar-refractivity contribution < 1.29 is 0 Å². The highest BCUT2D eigenvalue weighted by molar-refractivity contribution is 6.21. The zero-order chi connectivity index (χ0) is 13.9. The van der Waals surface area contributed by atoms with Crippen molar-refractivity contribution in [3.63, 3.8) is 0 Å². The minimum atomic E-state index is 0.263. The molecule has 1 heteroatoms. The average molecular weight is 289 g/mol. The predicted molar refractivity (Wildman–Crippen MR) is 85.0 cm³/mol. The first-order valence-corrected chi connectivity index (χ1v) is 8.88. The number of rotatable bonds is 4. The molecule has 1 aromatic carbocycles. The van der Waals surface area contributed by atoms with Gasteiger partial charge in [0.05, 0.1) is 5.38 Å². The normalized spacial score (nSPS) is 40.5. The first kappa shape index (κ1) is 13.2. The van der Waals surface area contributed by atoms with Crippen LogP contribution in [-0.4, -0.2) is 0 Å². The van der Waals surface area contributed by atoms with Crippen molar-refractivity contribution in [2.75, 3.05) is 0 Å². The maximum absolute atomic E-state index is 6.83. The van der Waals surface area contributed by atoms with Gasteiger partial charge in [0.15, 0.2) is 0 Å². The zero-order valence-electron chi connectivity index (χ0n) is 12.6. The van der Waals surface area contributed by atoms with E-state index >= 15 is 0 Å². The highest BCUT2D eigenvalue weighted by Crippen LogP contribution is 2.73. The van der Waals surface area contributed by atoms with Crippen LogP contribution in [0.15, 0.2) is 24.3 Å². The maximum atomic E-state index is 6.83. The first-order valence-electron chi connectivity index (χ1n) is 8.44. The zero-order valence-corrected chi connectivity index (χ0v) is 13.3. The van der Waals surface area contributed by atoms with E-state index in [9.17, 15) is 0 Å². The molecule has 0 amide bonds. The minimum Gasteiger partial charge on any atom is -0.117 e. The molecule has 6 unspecified atom stereocenters. The molecule has 1 aromatic rings. The van der Waals surface area contributed by atoms with Gasteiger partial charge in [-0.3, -0.25) is 0 Å². The third kappa shape index (κ3) is 1.87. The molecule has 0 aliphatic heterocycles. The van der Waals surface area contributed by atoms with Crippen molar-refractivity contribution in [2.45, 2.75) is 50.8 Å². The number of hydrogen-bond donors (Lipinski definition) is 0. The second kappa shape index (κ2) is 4.77. The average Bonchev–Trinajstić information content (AvgIpc) is 2.93. The van der Waals surface area contributed by atoms with E-state index < -0.39 is 0 Å². The Kier molecular flexibility index (Phi) is 3.14. The lowest BCUT2D eigenvalue weighted by molar-refractivity contribution is 0.455. The van der Waals surface area contributed by atoms with E-state index in [1.807, 2.05) is 0 Å². The molecule has 3 aliphatic carbocycles. The third-order valence-corrected chi connectivity index (χ3v) is 7.11. The van der Waals surface area contributed by atoms with Crippen LogP contribution in [0.2, 0.25) is 0 Å². The lowest BCUT2D eigenvalue weighted by Crippen LogP contribution is -2.04. The van der Waals surface area contributed by atoms with Gasteiger partial charge in [-0.05, 0) is 72.3 Å². The highest BCUT2D eigenvalue weighted by atomic mass is 35.5. The molecule has 108 valence electrons. The van der Waals surface area contributed by atoms with Gasteiger partial charge in [0, 0.05) is 0 Å². The Balaban J connectivity index is 1.48. The fourth-order valence-electron chi connectivity index (χ4n) is 5.25. The van der Waals surface area contributed by atoms with Gasteiger partial charge in [0.25, 0.3) is 0 Å². The summed E-state index contributed by atoms with van der Waals surface area (Å²) in [6, 6.07) is 9.17. The van der Waals surface area contributed by atoms with E-state index in [1.165, 1.54) is 36.8 Å². The summed E-state index contributed by atoms with van der Waals surface area (Å²) in [5.41, 5.74) is 2.81. The summed E-state index contributed by atoms with van der Waals surface area (Å²) in [4.78, 5) is 0. The molecule has 20 heavy (non-hydrogen) atoms. The fraction of sp³-hybridized carbons (Fsp3) is 0.684. The smallest absolute Gasteiger partial charge is 0.0619 e. The number of hydrogen-bond acceptors (Lipinski definition) is 0. The standard InChI is InChI=1S/C19H25Cl/c1-3-11(2)12-4-6-13(7-5-12)19(20)18-16-14-8-9-15(10-14)17(16)18/h4-7,11,14-19H,3,8-10H2,1-2H3. The van der Waals surface area contributed by atoms with E-state index in [2.05, 4.69) is 38.1 Å². The first-order chi connectivity index (χ1) is 9.70. The minimum absolute atomic E-state index is 0.263. The van der Waals surface area contributed by atoms with Crippen molar-refractivity contribution in [1.82, 2.24) is 0 Å². The summed E-state index contributed by atoms with van der Waals surface area (Å²) in [6.45, 7) is 4.56. The molecule has 0 nitrogen and oxygen atoms in total. The lowest BCUT2D eigenvalue weighted by Gasteiger charge is -2.16. The predicted octanol–water partition coefficient (Wildman–Crippen LogP) is 5.77. The number of halogens is 1. The molecule has 3 aliphatic rings. The van der Waals surface area contributed by atoms with Crippen LogP contribution in [0.5, 0.6) is 0 Å². The third-order valence-electron chi connectivity index (χ3n) is 6.57. The molecule has 0 heterocycles. The molecule has 0 aromatic heterocycles. The van der Waals surface area contributed by atoms with Crippen LogP contribution in [0.4, 0.5) is 0 Å². The number of benzene rings is 1. The lowest BCUT2D eigenvalue weighted by atomic mass is 9.94. The molecule has 2 bridgehead atoms. The molecule has 0 N–H and O–H groups in total. The van der Waals surface area contributed by atoms with Crippen LogP contribution in [0.3, 0.4) is 0 Å². The van der Waals surface area contributed by atoms with Crippen LogP contribution in [0, 0.1) is 29.6 Å². The van der Waals surface area contributed by atoms with Crippen molar-refractivity contribution in [3.8, 4) is 0 Å². The molecule has 6 atom stereocenters. The summed E-state index contributed by atoms with van der Waals surface area (Å²) >= 11 is 6.83. The van der Waals surface area contributed by atoms with Crippen molar-refractivity contribution in [3.05, 3.63) is 35.4 Å². The van der Waals surface area contributed by atoms with Crippen molar-refractivity contribution >= 4 is 11.6 Å². The van der Waals surface area contributed by atoms with Crippen molar-refractivity contribution in [2.24, 2.45) is 29.6 Å². The number of fused-ring (bicyclic) bond motifs is 5. The quantitative estimate of drug-likeness (QED) is 0.617. The Hall–Kier alpha value is -0.490. The summed E-state index contributed by atoms with van der Waals surface area (Å²) in [6.07, 6.45) is 5.69. The largest absolute Gasteiger partial charge is 0.117 e. The molecular formula is C19H25Cl. The van der Waals surface area contributed by atoms with Gasteiger partial charge >= 0.3 is 0 Å². The summed E-state index contributed by atoms with van der Waals surface area (Å²) in [7, 11) is 0. The molecule has 3 fully saturated rings. The van der Waals surface area contributed by atoms with Crippen molar-refractivity contribution in [1.29, 1.82) is 0 Å². The second-order valence-electron chi connectivity index (χ2n) is 7.44. The van der Waals surface area contributed by atoms with Gasteiger partial charge in [-0.2, -0.15) is 0 Å². The maximum Gasteiger partial charge on any atom is 0.0619 e. The second-order valence-corrected chi connectivity index (χ2v) is 7.91. The van der Waals surface area contributed by atoms with E-state index in [4.69, 9.17) is 11.6 Å². The van der Waals surface area contributed by atoms with Crippen LogP contribution >= 0.6 is 11.6 Å². The van der Waals surface area contributed by atoms with Gasteiger partial charge in [-0.1, -0.05) is 38.1 Å². The summed E-state index contributed by atoms with van der Waals surface area (Å²) in [5.74, 6) is 5.45. The molecule has 4 rings (SSSR count). The van der Waals surface area contributed by atoms with E-state index in [1.54, 1.807) is 0 Å². The van der Waals surface area contributed by atoms with Crippen LogP contribution < -0.4 is 0 Å². The number of alkyl halides is 1. The SMILES string of the molecule is CCC(C)c1ccc(C(Cl)C2C3C4CCC(C4)C32)cc1. The fourth-order valence-corrected chi connectivity index (χ4v) is 5.73. The van der Waals surface area contributed by atoms with Crippen LogP contribution in [-0.2, 0) is 0 Å². The Labute approximate surface area is 127 Å². The summed E-state index contributed by atoms with van der Waals surface area (Å²) < 4.78 is 0. The monoisotopic (exact) mass is 288 g/mol. The molecule has 0 saturated heterocycles. The van der Waals surface area contributed by atoms with Gasteiger partial charge in [0.1, 0.15) is 0 Å². The van der Waals surface area contributed by atoms with E-state index in [0.717, 1.165) is 29.6 Å². The van der Waals surface area contributed by atoms with Gasteiger partial charge in [0.2, 0.25) is 0 Å². The summed E-state index contributed by atoms with van der Waals surface area (Å²) in [5, 5.41) is 0.263. The van der Waals surface area contributed by atoms with E-state index in [0.29, 0.717) is 5.92 Å². The Bertz CT molecular complexity index is 475. The van der Waals surface area contributed by atoms with Crippen LogP contribution in [0.1, 0.15) is 62.0 Å². The molecule has 0 spiro atoms. The van der Waals surface area contributed by atoms with Crippen LogP contribution in [0.25, 0.3) is 0 Å². The molecular weight excluding hydrogens is 264 g/mol. The van der Waals surface area contributed by atoms with Gasteiger partial charge in [-0.25, -0.2) is 0 Å². The molecule has 0 radical (unpaired) electrons. The Morgan fingerprint density at radius 1 is 1.05 bits per heavy atom. The highest BCUT2D eigenvalue weighted by Gasteiger charge is 2.66. The Morgan fingerprint density at radius 3 is 2.15 bits per heavy atom. The molecule has 3 saturated carbocycles. The van der Waals surface area contributed by atoms with Gasteiger partial charge < -0.3 is 0 Å². The van der Waals surface area contributed by atoms with Gasteiger partial charge in [-0.15, -0.1) is 11.6 Å². The Morgan fingerprint density at radius 2 is 1.60 bits per heavy atom. The van der Waals surface area contributed by atoms with E-state index in [-0.39, 0.29) is 5.38 Å². The topological polar surface area (TPSA) is 0 Å².